The van der Waals surface area contributed by atoms with Crippen LogP contribution in [0.25, 0.3) is 0 Å². The average molecular weight is 355 g/mol. The molecule has 0 radical (unpaired) electrons. The van der Waals surface area contributed by atoms with E-state index in [0.29, 0.717) is 0 Å². The predicted molar refractivity (Wildman–Crippen MR) is 83.1 cm³/mol. The van der Waals surface area contributed by atoms with Gasteiger partial charge >= 0.3 is 11.9 Å². The molecule has 0 spiro atoms. The SMILES string of the molecule is COC(OCC(F)(F)F)(C(c1ccccc1)=[N+]([O-])O)c1ccccc1. The minimum absolute atomic E-state index is 0.121. The van der Waals surface area contributed by atoms with E-state index in [2.05, 4.69) is 0 Å². The molecule has 0 aliphatic rings. The predicted octanol–water partition coefficient (Wildman–Crippen LogP) is 3.45. The molecule has 5 nitrogen and oxygen atoms in total. The van der Waals surface area contributed by atoms with Crippen molar-refractivity contribution in [1.29, 1.82) is 0 Å². The van der Waals surface area contributed by atoms with Crippen LogP contribution >= 0.6 is 0 Å². The van der Waals surface area contributed by atoms with Gasteiger partial charge in [-0.1, -0.05) is 48.5 Å². The number of alkyl halides is 3. The van der Waals surface area contributed by atoms with E-state index in [4.69, 9.17) is 9.47 Å². The largest absolute Gasteiger partial charge is 0.417 e. The second-order valence-electron chi connectivity index (χ2n) is 5.08. The molecule has 2 rings (SSSR count). The van der Waals surface area contributed by atoms with Gasteiger partial charge < -0.3 is 14.7 Å². The van der Waals surface area contributed by atoms with Gasteiger partial charge in [0, 0.05) is 17.6 Å². The summed E-state index contributed by atoms with van der Waals surface area (Å²) < 4.78 is 48.5. The van der Waals surface area contributed by atoms with E-state index in [-0.39, 0.29) is 11.1 Å². The Morgan fingerprint density at radius 2 is 1.56 bits per heavy atom. The minimum Gasteiger partial charge on any atom is -0.417 e. The summed E-state index contributed by atoms with van der Waals surface area (Å²) in [5.41, 5.74) is -0.255. The van der Waals surface area contributed by atoms with Gasteiger partial charge in [-0.15, -0.1) is 0 Å². The third-order valence-electron chi connectivity index (χ3n) is 3.43. The second-order valence-corrected chi connectivity index (χ2v) is 5.08. The van der Waals surface area contributed by atoms with Crippen molar-refractivity contribution in [2.75, 3.05) is 13.7 Å². The molecule has 0 saturated heterocycles. The molecule has 8 heteroatoms. The monoisotopic (exact) mass is 355 g/mol. The van der Waals surface area contributed by atoms with Gasteiger partial charge in [0.1, 0.15) is 6.61 Å². The molecule has 0 fully saturated rings. The number of benzene rings is 2. The van der Waals surface area contributed by atoms with Crippen LogP contribution < -0.4 is 0 Å². The van der Waals surface area contributed by atoms with Crippen molar-refractivity contribution in [3.8, 4) is 0 Å². The van der Waals surface area contributed by atoms with E-state index in [0.717, 1.165) is 7.11 Å². The van der Waals surface area contributed by atoms with Crippen molar-refractivity contribution in [3.63, 3.8) is 0 Å². The Morgan fingerprint density at radius 1 is 1.04 bits per heavy atom. The first kappa shape index (κ1) is 18.8. The zero-order valence-corrected chi connectivity index (χ0v) is 13.2. The first-order valence-electron chi connectivity index (χ1n) is 7.20. The topological polar surface area (TPSA) is 64.8 Å². The highest BCUT2D eigenvalue weighted by molar-refractivity contribution is 6.02. The second kappa shape index (κ2) is 7.54. The molecule has 0 saturated carbocycles. The van der Waals surface area contributed by atoms with Gasteiger partial charge in [0.2, 0.25) is 0 Å². The van der Waals surface area contributed by atoms with Crippen molar-refractivity contribution in [1.82, 2.24) is 0 Å². The van der Waals surface area contributed by atoms with Crippen LogP contribution in [0.3, 0.4) is 0 Å². The van der Waals surface area contributed by atoms with Gasteiger partial charge in [0.15, 0.2) is 0 Å². The zero-order chi connectivity index (χ0) is 18.5. The van der Waals surface area contributed by atoms with Gasteiger partial charge in [-0.2, -0.15) is 13.2 Å². The molecule has 0 aliphatic heterocycles. The van der Waals surface area contributed by atoms with Crippen molar-refractivity contribution in [2.45, 2.75) is 12.0 Å². The normalized spacial score (nSPS) is 15.4. The smallest absolute Gasteiger partial charge is 0.411 e. The standard InChI is InChI=1S/C17H16F3NO4/c1-24-17(25-12-16(18,19)20,14-10-6-3-7-11-14)15(21(22)23)13-8-4-2-5-9-13/h2-11H,12H2,1H3,(H,22,23). The van der Waals surface area contributed by atoms with Gasteiger partial charge in [0.25, 0.3) is 5.79 Å². The molecule has 134 valence electrons. The molecule has 0 amide bonds. The van der Waals surface area contributed by atoms with Gasteiger partial charge in [-0.3, -0.25) is 5.21 Å². The number of hydrogen-bond acceptors (Lipinski definition) is 4. The van der Waals surface area contributed by atoms with Crippen LogP contribution in [0.4, 0.5) is 13.2 Å². The number of hydrogen-bond donors (Lipinski definition) is 1. The van der Waals surface area contributed by atoms with Crippen LogP contribution in [0.5, 0.6) is 0 Å². The third kappa shape index (κ3) is 4.28. The fourth-order valence-corrected chi connectivity index (χ4v) is 2.43. The highest BCUT2D eigenvalue weighted by Crippen LogP contribution is 2.33. The molecule has 0 bridgehead atoms. The zero-order valence-electron chi connectivity index (χ0n) is 13.2. The molecule has 0 heterocycles. The summed E-state index contributed by atoms with van der Waals surface area (Å²) in [5, 5.41) is 21.5. The Labute approximate surface area is 142 Å². The molecule has 2 aromatic carbocycles. The molecule has 0 aliphatic carbocycles. The highest BCUT2D eigenvalue weighted by atomic mass is 19.4. The summed E-state index contributed by atoms with van der Waals surface area (Å²) in [6.07, 6.45) is -4.66. The van der Waals surface area contributed by atoms with E-state index in [1.54, 1.807) is 36.4 Å². The molecule has 0 aromatic heterocycles. The summed E-state index contributed by atoms with van der Waals surface area (Å²) in [4.78, 5) is -0.539. The number of methoxy groups -OCH3 is 1. The molecular weight excluding hydrogens is 339 g/mol. The molecule has 2 aromatic rings. The maximum Gasteiger partial charge on any atom is 0.411 e. The Morgan fingerprint density at radius 3 is 2.00 bits per heavy atom. The van der Waals surface area contributed by atoms with E-state index in [1.807, 2.05) is 0 Å². The summed E-state index contributed by atoms with van der Waals surface area (Å²) in [7, 11) is 1.09. The first-order chi connectivity index (χ1) is 11.8. The maximum absolute atomic E-state index is 12.8. The number of rotatable bonds is 6. The molecule has 1 atom stereocenters. The Balaban J connectivity index is 2.66. The summed E-state index contributed by atoms with van der Waals surface area (Å²) in [6, 6.07) is 15.3. The fourth-order valence-electron chi connectivity index (χ4n) is 2.43. The first-order valence-corrected chi connectivity index (χ1v) is 7.20. The molecule has 1 unspecified atom stereocenters. The number of halogens is 3. The van der Waals surface area contributed by atoms with Crippen LogP contribution in [0.2, 0.25) is 0 Å². The van der Waals surface area contributed by atoms with E-state index < -0.39 is 29.2 Å². The molecule has 1 N–H and O–H groups in total. The van der Waals surface area contributed by atoms with Crippen LogP contribution in [0.1, 0.15) is 11.1 Å². The van der Waals surface area contributed by atoms with Gasteiger partial charge in [0.05, 0.1) is 5.56 Å². The summed E-state index contributed by atoms with van der Waals surface area (Å²) in [5.74, 6) is -2.26. The lowest BCUT2D eigenvalue weighted by atomic mass is 9.95. The number of ether oxygens (including phenoxy) is 2. The van der Waals surface area contributed by atoms with Gasteiger partial charge in [-0.05, 0) is 12.1 Å². The van der Waals surface area contributed by atoms with Crippen molar-refractivity contribution < 1.29 is 32.8 Å². The Hall–Kier alpha value is -2.58. The van der Waals surface area contributed by atoms with E-state index in [9.17, 15) is 23.6 Å². The quantitative estimate of drug-likeness (QED) is 0.283. The average Bonchev–Trinajstić information content (AvgIpc) is 2.59. The molecule has 25 heavy (non-hydrogen) atoms. The summed E-state index contributed by atoms with van der Waals surface area (Å²) in [6.45, 7) is -1.68. The lowest BCUT2D eigenvalue weighted by Gasteiger charge is -2.31. The van der Waals surface area contributed by atoms with Crippen molar-refractivity contribution >= 4 is 5.71 Å². The highest BCUT2D eigenvalue weighted by Gasteiger charge is 2.50. The fraction of sp³-hybridized carbons (Fsp3) is 0.235. The lowest BCUT2D eigenvalue weighted by Crippen LogP contribution is -2.46. The lowest BCUT2D eigenvalue weighted by molar-refractivity contribution is -0.729. The van der Waals surface area contributed by atoms with Crippen molar-refractivity contribution in [3.05, 3.63) is 77.0 Å². The molecular formula is C17H16F3NO4. The van der Waals surface area contributed by atoms with E-state index >= 15 is 0 Å². The summed E-state index contributed by atoms with van der Waals surface area (Å²) >= 11 is 0. The third-order valence-corrected chi connectivity index (χ3v) is 3.43. The minimum atomic E-state index is -4.66. The van der Waals surface area contributed by atoms with E-state index in [1.165, 1.54) is 24.3 Å². The van der Waals surface area contributed by atoms with Crippen LogP contribution in [0, 0.1) is 5.21 Å². The van der Waals surface area contributed by atoms with Crippen LogP contribution in [0.15, 0.2) is 60.7 Å². The Kier molecular flexibility index (Phi) is 5.66. The maximum atomic E-state index is 12.8. The van der Waals surface area contributed by atoms with Crippen LogP contribution in [-0.2, 0) is 15.3 Å². The number of nitrogens with zero attached hydrogens (tertiary/aromatic N) is 1. The Bertz CT molecular complexity index is 716. The van der Waals surface area contributed by atoms with Gasteiger partial charge in [-0.25, -0.2) is 0 Å². The van der Waals surface area contributed by atoms with Crippen LogP contribution in [-0.4, -0.2) is 35.7 Å². The van der Waals surface area contributed by atoms with Crippen molar-refractivity contribution in [2.24, 2.45) is 0 Å².